The molecule has 1 aliphatic carbocycles. The van der Waals surface area contributed by atoms with Gasteiger partial charge in [0.25, 0.3) is 11.6 Å². The lowest BCUT2D eigenvalue weighted by atomic mass is 9.93. The molecule has 148 valence electrons. The highest BCUT2D eigenvalue weighted by Crippen LogP contribution is 2.28. The van der Waals surface area contributed by atoms with Crippen LogP contribution in [0.4, 0.5) is 10.8 Å². The number of carbonyl (C=O) groups excluding carboxylic acids is 2. The summed E-state index contributed by atoms with van der Waals surface area (Å²) in [6, 6.07) is 3.67. The molecule has 10 heteroatoms. The Morgan fingerprint density at radius 2 is 2.07 bits per heavy atom. The van der Waals surface area contributed by atoms with Gasteiger partial charge < -0.3 is 10.2 Å². The number of nitro groups is 1. The Morgan fingerprint density at radius 3 is 2.68 bits per heavy atom. The zero-order valence-corrected chi connectivity index (χ0v) is 16.5. The van der Waals surface area contributed by atoms with Crippen LogP contribution in [-0.4, -0.2) is 39.2 Å². The van der Waals surface area contributed by atoms with Gasteiger partial charge in [0.05, 0.1) is 15.5 Å². The van der Waals surface area contributed by atoms with E-state index < -0.39 is 10.8 Å². The van der Waals surface area contributed by atoms with Gasteiger partial charge in [0, 0.05) is 29.8 Å². The van der Waals surface area contributed by atoms with Gasteiger partial charge in [-0.05, 0) is 18.9 Å². The van der Waals surface area contributed by atoms with Gasteiger partial charge in [0.1, 0.15) is 6.54 Å². The number of aromatic nitrogens is 1. The minimum absolute atomic E-state index is 0.000316. The van der Waals surface area contributed by atoms with E-state index in [9.17, 15) is 19.7 Å². The topological polar surface area (TPSA) is 105 Å². The lowest BCUT2D eigenvalue weighted by molar-refractivity contribution is -0.384. The van der Waals surface area contributed by atoms with Gasteiger partial charge in [0.2, 0.25) is 5.91 Å². The Kier molecular flexibility index (Phi) is 6.58. The maximum Gasteiger partial charge on any atom is 0.270 e. The fraction of sp³-hybridized carbons (Fsp3) is 0.389. The molecule has 1 N–H and O–H groups in total. The summed E-state index contributed by atoms with van der Waals surface area (Å²) < 4.78 is 0. The van der Waals surface area contributed by atoms with Crippen molar-refractivity contribution in [2.45, 2.75) is 38.1 Å². The summed E-state index contributed by atoms with van der Waals surface area (Å²) in [5.74, 6) is -0.743. The summed E-state index contributed by atoms with van der Waals surface area (Å²) in [7, 11) is 0. The van der Waals surface area contributed by atoms with E-state index in [4.69, 9.17) is 11.6 Å². The van der Waals surface area contributed by atoms with Crippen LogP contribution in [0, 0.1) is 10.1 Å². The first kappa shape index (κ1) is 20.2. The third-order valence-electron chi connectivity index (χ3n) is 4.66. The second-order valence-corrected chi connectivity index (χ2v) is 7.83. The first-order valence-electron chi connectivity index (χ1n) is 8.90. The third-order valence-corrected chi connectivity index (χ3v) is 5.66. The summed E-state index contributed by atoms with van der Waals surface area (Å²) in [6.45, 7) is -0.129. The second-order valence-electron chi connectivity index (χ2n) is 6.53. The van der Waals surface area contributed by atoms with Gasteiger partial charge in [-0.2, -0.15) is 0 Å². The summed E-state index contributed by atoms with van der Waals surface area (Å²) in [5, 5.41) is 15.8. The highest BCUT2D eigenvalue weighted by Gasteiger charge is 2.30. The first-order chi connectivity index (χ1) is 13.5. The SMILES string of the molecule is O=C(CN(C(=O)c1ccc([N+](=O)[O-])cc1Cl)C1CCCCC1)Nc1nccs1. The molecule has 3 rings (SSSR count). The van der Waals surface area contributed by atoms with Crippen LogP contribution < -0.4 is 5.32 Å². The van der Waals surface area contributed by atoms with Crippen molar-refractivity contribution in [3.63, 3.8) is 0 Å². The normalized spacial score (nSPS) is 14.5. The molecule has 1 saturated carbocycles. The molecule has 0 spiro atoms. The van der Waals surface area contributed by atoms with Gasteiger partial charge in [-0.1, -0.05) is 30.9 Å². The number of anilines is 1. The molecular formula is C18H19ClN4O4S. The quantitative estimate of drug-likeness (QED) is 0.556. The lowest BCUT2D eigenvalue weighted by Crippen LogP contribution is -2.45. The standard InChI is InChI=1S/C18H19ClN4O4S/c19-15-10-13(23(26)27)6-7-14(15)17(25)22(12-4-2-1-3-5-12)11-16(24)21-18-20-8-9-28-18/h6-10,12H,1-5,11H2,(H,20,21,24). The van der Waals surface area contributed by atoms with Crippen molar-refractivity contribution in [3.05, 3.63) is 50.5 Å². The van der Waals surface area contributed by atoms with Crippen LogP contribution >= 0.6 is 22.9 Å². The fourth-order valence-corrected chi connectivity index (χ4v) is 4.10. The molecule has 28 heavy (non-hydrogen) atoms. The number of thiazole rings is 1. The van der Waals surface area contributed by atoms with Crippen LogP contribution in [0.3, 0.4) is 0 Å². The highest BCUT2D eigenvalue weighted by molar-refractivity contribution is 7.13. The molecule has 0 aliphatic heterocycles. The minimum atomic E-state index is -0.569. The van der Waals surface area contributed by atoms with E-state index in [-0.39, 0.29) is 34.8 Å². The lowest BCUT2D eigenvalue weighted by Gasteiger charge is -2.34. The summed E-state index contributed by atoms with van der Waals surface area (Å²) in [5.41, 5.74) is -0.0350. The summed E-state index contributed by atoms with van der Waals surface area (Å²) >= 11 is 7.44. The number of hydrogen-bond acceptors (Lipinski definition) is 6. The minimum Gasteiger partial charge on any atom is -0.326 e. The largest absolute Gasteiger partial charge is 0.326 e. The Balaban J connectivity index is 1.82. The number of amides is 2. The molecule has 0 bridgehead atoms. The number of carbonyl (C=O) groups is 2. The van der Waals surface area contributed by atoms with Gasteiger partial charge in [-0.3, -0.25) is 19.7 Å². The van der Waals surface area contributed by atoms with Gasteiger partial charge in [-0.25, -0.2) is 4.98 Å². The van der Waals surface area contributed by atoms with Crippen LogP contribution in [0.15, 0.2) is 29.8 Å². The van der Waals surface area contributed by atoms with Crippen LogP contribution in [0.1, 0.15) is 42.5 Å². The van der Waals surface area contributed by atoms with E-state index in [1.165, 1.54) is 28.4 Å². The number of non-ortho nitro benzene ring substituents is 1. The average molecular weight is 423 g/mol. The number of nitrogens with one attached hydrogen (secondary N) is 1. The monoisotopic (exact) mass is 422 g/mol. The molecule has 1 aliphatic rings. The maximum atomic E-state index is 13.2. The Bertz CT molecular complexity index is 868. The van der Waals surface area contributed by atoms with Crippen molar-refractivity contribution in [3.8, 4) is 0 Å². The summed E-state index contributed by atoms with van der Waals surface area (Å²) in [6.07, 6.45) is 6.26. The van der Waals surface area contributed by atoms with Crippen LogP contribution in [0.25, 0.3) is 0 Å². The second kappa shape index (κ2) is 9.11. The van der Waals surface area contributed by atoms with E-state index in [1.54, 1.807) is 11.6 Å². The summed E-state index contributed by atoms with van der Waals surface area (Å²) in [4.78, 5) is 41.5. The van der Waals surface area contributed by atoms with Crippen LogP contribution in [0.5, 0.6) is 0 Å². The van der Waals surface area contributed by atoms with E-state index >= 15 is 0 Å². The van der Waals surface area contributed by atoms with Gasteiger partial charge >= 0.3 is 0 Å². The molecule has 1 aromatic heterocycles. The number of benzene rings is 1. The molecule has 2 amide bonds. The fourth-order valence-electron chi connectivity index (χ4n) is 3.30. The molecule has 0 saturated heterocycles. The van der Waals surface area contributed by atoms with Gasteiger partial charge in [0.15, 0.2) is 5.13 Å². The van der Waals surface area contributed by atoms with Crippen molar-refractivity contribution in [1.82, 2.24) is 9.88 Å². The molecule has 0 atom stereocenters. The predicted molar refractivity (Wildman–Crippen MR) is 107 cm³/mol. The Hall–Kier alpha value is -2.52. The van der Waals surface area contributed by atoms with Crippen molar-refractivity contribution in [1.29, 1.82) is 0 Å². The average Bonchev–Trinajstić information content (AvgIpc) is 3.19. The number of rotatable bonds is 6. The number of halogens is 1. The number of nitro benzene ring substituents is 1. The molecule has 2 aromatic rings. The molecule has 1 heterocycles. The maximum absolute atomic E-state index is 13.2. The van der Waals surface area contributed by atoms with Gasteiger partial charge in [-0.15, -0.1) is 11.3 Å². The van der Waals surface area contributed by atoms with Crippen molar-refractivity contribution in [2.24, 2.45) is 0 Å². The molecular weight excluding hydrogens is 404 g/mol. The zero-order chi connectivity index (χ0) is 20.1. The molecule has 8 nitrogen and oxygen atoms in total. The van der Waals surface area contributed by atoms with Crippen molar-refractivity contribution < 1.29 is 14.5 Å². The first-order valence-corrected chi connectivity index (χ1v) is 10.2. The zero-order valence-electron chi connectivity index (χ0n) is 15.0. The van der Waals surface area contributed by atoms with E-state index in [0.717, 1.165) is 38.2 Å². The smallest absolute Gasteiger partial charge is 0.270 e. The van der Waals surface area contributed by atoms with Crippen LogP contribution in [0.2, 0.25) is 5.02 Å². The molecule has 0 unspecified atom stereocenters. The molecule has 1 aromatic carbocycles. The number of nitrogens with zero attached hydrogens (tertiary/aromatic N) is 3. The third kappa shape index (κ3) is 4.85. The van der Waals surface area contributed by atoms with Crippen molar-refractivity contribution >= 4 is 45.6 Å². The predicted octanol–water partition coefficient (Wildman–Crippen LogP) is 4.12. The highest BCUT2D eigenvalue weighted by atomic mass is 35.5. The van der Waals surface area contributed by atoms with E-state index in [1.807, 2.05) is 0 Å². The van der Waals surface area contributed by atoms with Crippen molar-refractivity contribution in [2.75, 3.05) is 11.9 Å². The Labute approximate surface area is 170 Å². The Morgan fingerprint density at radius 1 is 1.32 bits per heavy atom. The molecule has 1 fully saturated rings. The van der Waals surface area contributed by atoms with Crippen LogP contribution in [-0.2, 0) is 4.79 Å². The van der Waals surface area contributed by atoms with E-state index in [0.29, 0.717) is 5.13 Å². The molecule has 0 radical (unpaired) electrons. The van der Waals surface area contributed by atoms with E-state index in [2.05, 4.69) is 10.3 Å². The number of hydrogen-bond donors (Lipinski definition) is 1.